The summed E-state index contributed by atoms with van der Waals surface area (Å²) < 4.78 is 27.0. The Kier molecular flexibility index (Phi) is 5.36. The molecule has 0 spiro atoms. The average molecular weight is 313 g/mol. The Bertz CT molecular complexity index is 527. The molecule has 0 fully saturated rings. The van der Waals surface area contributed by atoms with E-state index in [0.29, 0.717) is 5.13 Å². The van der Waals surface area contributed by atoms with Crippen molar-refractivity contribution in [2.75, 3.05) is 30.5 Å². The minimum absolute atomic E-state index is 0.00819. The molecule has 0 aliphatic heterocycles. The van der Waals surface area contributed by atoms with Crippen molar-refractivity contribution in [3.8, 4) is 0 Å². The number of sulfone groups is 1. The van der Waals surface area contributed by atoms with Gasteiger partial charge < -0.3 is 10.1 Å². The fourth-order valence-electron chi connectivity index (χ4n) is 1.05. The van der Waals surface area contributed by atoms with E-state index in [0.717, 1.165) is 11.3 Å². The van der Waals surface area contributed by atoms with Crippen molar-refractivity contribution >= 4 is 43.9 Å². The molecule has 1 rings (SSSR count). The summed E-state index contributed by atoms with van der Waals surface area (Å²) in [5, 5.41) is 3.26. The second-order valence-corrected chi connectivity index (χ2v) is 7.12. The van der Waals surface area contributed by atoms with Crippen LogP contribution in [-0.4, -0.2) is 44.5 Å². The maximum Gasteiger partial charge on any atom is 0.351 e. The molecule has 0 aliphatic carbocycles. The molecule has 0 unspecified atom stereocenters. The summed E-state index contributed by atoms with van der Waals surface area (Å²) in [5.74, 6) is -0.457. The monoisotopic (exact) mass is 312 g/mol. The maximum absolute atomic E-state index is 11.3. The third-order valence-electron chi connectivity index (χ3n) is 2.09. The van der Waals surface area contributed by atoms with E-state index in [-0.39, 0.29) is 28.1 Å². The normalized spacial score (nSPS) is 11.3. The largest absolute Gasteiger partial charge is 0.465 e. The molecule has 0 aromatic carbocycles. The van der Waals surface area contributed by atoms with Gasteiger partial charge in [0.25, 0.3) is 0 Å². The quantitative estimate of drug-likeness (QED) is 0.800. The Morgan fingerprint density at radius 1 is 1.56 bits per heavy atom. The first-order valence-corrected chi connectivity index (χ1v) is 8.10. The van der Waals surface area contributed by atoms with Gasteiger partial charge in [0, 0.05) is 12.3 Å². The van der Waals surface area contributed by atoms with Crippen LogP contribution in [0.2, 0.25) is 5.15 Å². The Labute approximate surface area is 114 Å². The van der Waals surface area contributed by atoms with Crippen molar-refractivity contribution in [3.63, 3.8) is 0 Å². The van der Waals surface area contributed by atoms with E-state index < -0.39 is 15.8 Å². The number of nitrogens with zero attached hydrogens (tertiary/aromatic N) is 1. The van der Waals surface area contributed by atoms with E-state index >= 15 is 0 Å². The minimum atomic E-state index is -3.02. The van der Waals surface area contributed by atoms with Crippen molar-refractivity contribution in [2.24, 2.45) is 0 Å². The van der Waals surface area contributed by atoms with Gasteiger partial charge in [0.1, 0.15) is 0 Å². The average Bonchev–Trinajstić information content (AvgIpc) is 2.69. The fourth-order valence-corrected chi connectivity index (χ4v) is 2.88. The summed E-state index contributed by atoms with van der Waals surface area (Å²) in [7, 11) is -1.77. The number of aromatic nitrogens is 1. The summed E-state index contributed by atoms with van der Waals surface area (Å²) >= 11 is 6.78. The first-order chi connectivity index (χ1) is 8.39. The van der Waals surface area contributed by atoms with Gasteiger partial charge in [0.15, 0.2) is 25.0 Å². The molecule has 0 atom stereocenters. The van der Waals surface area contributed by atoms with Crippen LogP contribution in [0.3, 0.4) is 0 Å². The van der Waals surface area contributed by atoms with Crippen LogP contribution in [-0.2, 0) is 14.6 Å². The Balaban J connectivity index is 2.62. The lowest BCUT2D eigenvalue weighted by molar-refractivity contribution is 0.0606. The molecular formula is C9H13ClN2O4S2. The lowest BCUT2D eigenvalue weighted by atomic mass is 10.6. The van der Waals surface area contributed by atoms with Crippen LogP contribution < -0.4 is 5.32 Å². The molecule has 102 valence electrons. The SMILES string of the molecule is CCS(=O)(=O)CCNc1nc(Cl)c(C(=O)OC)s1. The zero-order valence-corrected chi connectivity index (χ0v) is 12.3. The topological polar surface area (TPSA) is 85.4 Å². The number of rotatable bonds is 6. The van der Waals surface area contributed by atoms with Crippen LogP contribution in [0.5, 0.6) is 0 Å². The van der Waals surface area contributed by atoms with Crippen LogP contribution in [0.4, 0.5) is 5.13 Å². The number of methoxy groups -OCH3 is 1. The molecule has 0 saturated carbocycles. The highest BCUT2D eigenvalue weighted by atomic mass is 35.5. The Morgan fingerprint density at radius 2 is 2.22 bits per heavy atom. The first-order valence-electron chi connectivity index (χ1n) is 5.08. The number of carbonyl (C=O) groups excluding carboxylic acids is 1. The highest BCUT2D eigenvalue weighted by Gasteiger charge is 2.17. The lowest BCUT2D eigenvalue weighted by Gasteiger charge is -2.01. The first kappa shape index (κ1) is 15.2. The number of thiazole rings is 1. The van der Waals surface area contributed by atoms with Gasteiger partial charge in [-0.2, -0.15) is 0 Å². The smallest absolute Gasteiger partial charge is 0.351 e. The Morgan fingerprint density at radius 3 is 2.78 bits per heavy atom. The van der Waals surface area contributed by atoms with Gasteiger partial charge in [-0.25, -0.2) is 18.2 Å². The molecule has 0 bridgehead atoms. The van der Waals surface area contributed by atoms with Gasteiger partial charge in [0.05, 0.1) is 12.9 Å². The van der Waals surface area contributed by atoms with Gasteiger partial charge >= 0.3 is 5.97 Å². The molecule has 0 saturated heterocycles. The molecule has 1 aromatic heterocycles. The third kappa shape index (κ3) is 4.11. The molecular weight excluding hydrogens is 300 g/mol. The van der Waals surface area contributed by atoms with Gasteiger partial charge in [-0.05, 0) is 0 Å². The predicted octanol–water partition coefficient (Wildman–Crippen LogP) is 1.43. The van der Waals surface area contributed by atoms with Crippen molar-refractivity contribution in [2.45, 2.75) is 6.92 Å². The van der Waals surface area contributed by atoms with Crippen LogP contribution in [0.1, 0.15) is 16.6 Å². The number of hydrogen-bond donors (Lipinski definition) is 1. The molecule has 9 heteroatoms. The molecule has 6 nitrogen and oxygen atoms in total. The molecule has 0 radical (unpaired) electrons. The fraction of sp³-hybridized carbons (Fsp3) is 0.556. The van der Waals surface area contributed by atoms with Gasteiger partial charge in [-0.15, -0.1) is 0 Å². The molecule has 0 amide bonds. The number of ether oxygens (including phenoxy) is 1. The summed E-state index contributed by atoms with van der Waals surface area (Å²) in [4.78, 5) is 15.4. The molecule has 1 heterocycles. The molecule has 0 aliphatic rings. The number of carbonyl (C=O) groups is 1. The van der Waals surface area contributed by atoms with E-state index in [1.165, 1.54) is 7.11 Å². The number of halogens is 1. The van der Waals surface area contributed by atoms with Crippen molar-refractivity contribution in [1.29, 1.82) is 0 Å². The minimum Gasteiger partial charge on any atom is -0.465 e. The van der Waals surface area contributed by atoms with Crippen molar-refractivity contribution < 1.29 is 17.9 Å². The summed E-state index contributed by atoms with van der Waals surface area (Å²) in [6.45, 7) is 1.81. The molecule has 1 N–H and O–H groups in total. The number of esters is 1. The van der Waals surface area contributed by atoms with E-state index in [1.807, 2.05) is 0 Å². The lowest BCUT2D eigenvalue weighted by Crippen LogP contribution is -2.16. The van der Waals surface area contributed by atoms with Gasteiger partial charge in [-0.1, -0.05) is 29.9 Å². The number of nitrogens with one attached hydrogen (secondary N) is 1. The highest BCUT2D eigenvalue weighted by Crippen LogP contribution is 2.27. The van der Waals surface area contributed by atoms with Gasteiger partial charge in [-0.3, -0.25) is 0 Å². The van der Waals surface area contributed by atoms with E-state index in [1.54, 1.807) is 6.92 Å². The van der Waals surface area contributed by atoms with Crippen LogP contribution >= 0.6 is 22.9 Å². The second-order valence-electron chi connectivity index (χ2n) is 3.29. The number of hydrogen-bond acceptors (Lipinski definition) is 7. The van der Waals surface area contributed by atoms with Crippen molar-refractivity contribution in [3.05, 3.63) is 10.0 Å². The predicted molar refractivity (Wildman–Crippen MR) is 71.3 cm³/mol. The van der Waals surface area contributed by atoms with Crippen LogP contribution in [0.25, 0.3) is 0 Å². The number of anilines is 1. The zero-order chi connectivity index (χ0) is 13.8. The van der Waals surface area contributed by atoms with Crippen molar-refractivity contribution in [1.82, 2.24) is 4.98 Å². The van der Waals surface area contributed by atoms with E-state index in [2.05, 4.69) is 15.0 Å². The third-order valence-corrected chi connectivity index (χ3v) is 5.17. The summed E-state index contributed by atoms with van der Waals surface area (Å²) in [6.07, 6.45) is 0. The second kappa shape index (κ2) is 6.35. The van der Waals surface area contributed by atoms with Gasteiger partial charge in [0.2, 0.25) is 0 Å². The van der Waals surface area contributed by atoms with E-state index in [9.17, 15) is 13.2 Å². The summed E-state index contributed by atoms with van der Waals surface area (Å²) in [5.41, 5.74) is 0. The Hall–Kier alpha value is -0.860. The maximum atomic E-state index is 11.3. The van der Waals surface area contributed by atoms with E-state index in [4.69, 9.17) is 11.6 Å². The molecule has 1 aromatic rings. The standard InChI is InChI=1S/C9H13ClN2O4S2/c1-3-18(14,15)5-4-11-9-12-7(10)6(17-9)8(13)16-2/h3-5H2,1-2H3,(H,11,12). The summed E-state index contributed by atoms with van der Waals surface area (Å²) in [6, 6.07) is 0. The zero-order valence-electron chi connectivity index (χ0n) is 9.90. The van der Waals surface area contributed by atoms with Crippen LogP contribution in [0.15, 0.2) is 0 Å². The molecule has 18 heavy (non-hydrogen) atoms. The highest BCUT2D eigenvalue weighted by molar-refractivity contribution is 7.91. The van der Waals surface area contributed by atoms with Crippen LogP contribution in [0, 0.1) is 0 Å².